The van der Waals surface area contributed by atoms with Crippen molar-refractivity contribution >= 4 is 17.1 Å². The van der Waals surface area contributed by atoms with Gasteiger partial charge >= 0.3 is 0 Å². The molecule has 0 bridgehead atoms. The summed E-state index contributed by atoms with van der Waals surface area (Å²) in [5, 5.41) is 3.51. The maximum Gasteiger partial charge on any atom is 0.133 e. The van der Waals surface area contributed by atoms with E-state index in [9.17, 15) is 0 Å². The highest BCUT2D eigenvalue weighted by Crippen LogP contribution is 2.36. The third-order valence-corrected chi connectivity index (χ3v) is 6.44. The molecular weight excluding hydrogens is 344 g/mol. The third kappa shape index (κ3) is 3.20. The van der Waals surface area contributed by atoms with Gasteiger partial charge in [0.25, 0.3) is 0 Å². The monoisotopic (exact) mass is 374 g/mol. The maximum absolute atomic E-state index is 5.04. The summed E-state index contributed by atoms with van der Waals surface area (Å²) in [5.41, 5.74) is 7.01. The molecule has 1 saturated heterocycles. The van der Waals surface area contributed by atoms with Gasteiger partial charge in [0.15, 0.2) is 0 Å². The topological polar surface area (TPSA) is 30.9 Å². The molecule has 4 heterocycles. The fraction of sp³-hybridized carbons (Fsp3) is 0.458. The predicted octanol–water partition coefficient (Wildman–Crippen LogP) is 4.11. The quantitative estimate of drug-likeness (QED) is 0.841. The van der Waals surface area contributed by atoms with Crippen LogP contribution in [0.15, 0.2) is 53.3 Å². The SMILES string of the molecule is CCCCC1=C(c2ccc3c(c2)CCN3C2CCNC2)CN2C=CC=CC2=N1. The Kier molecular flexibility index (Phi) is 4.81. The molecule has 4 aliphatic rings. The molecule has 4 heteroatoms. The Bertz CT molecular complexity index is 871. The van der Waals surface area contributed by atoms with Gasteiger partial charge in [-0.1, -0.05) is 25.5 Å². The molecule has 0 aliphatic carbocycles. The molecule has 0 radical (unpaired) electrons. The van der Waals surface area contributed by atoms with E-state index in [2.05, 4.69) is 64.7 Å². The fourth-order valence-electron chi connectivity index (χ4n) is 4.88. The molecule has 4 nitrogen and oxygen atoms in total. The van der Waals surface area contributed by atoms with Crippen LogP contribution in [0.3, 0.4) is 0 Å². The summed E-state index contributed by atoms with van der Waals surface area (Å²) in [4.78, 5) is 9.93. The molecule has 146 valence electrons. The van der Waals surface area contributed by atoms with Crippen molar-refractivity contribution in [2.24, 2.45) is 4.99 Å². The predicted molar refractivity (Wildman–Crippen MR) is 118 cm³/mol. The minimum Gasteiger partial charge on any atom is -0.367 e. The van der Waals surface area contributed by atoms with Crippen LogP contribution >= 0.6 is 0 Å². The van der Waals surface area contributed by atoms with Crippen LogP contribution in [0.1, 0.15) is 43.7 Å². The summed E-state index contributed by atoms with van der Waals surface area (Å²) in [6.45, 7) is 6.62. The van der Waals surface area contributed by atoms with Crippen LogP contribution in [0.5, 0.6) is 0 Å². The van der Waals surface area contributed by atoms with E-state index in [-0.39, 0.29) is 0 Å². The zero-order valence-corrected chi connectivity index (χ0v) is 16.8. The van der Waals surface area contributed by atoms with Gasteiger partial charge in [0.05, 0.1) is 6.54 Å². The molecule has 1 aromatic rings. The van der Waals surface area contributed by atoms with E-state index in [4.69, 9.17) is 4.99 Å². The van der Waals surface area contributed by atoms with Gasteiger partial charge in [-0.2, -0.15) is 0 Å². The zero-order chi connectivity index (χ0) is 18.9. The minimum absolute atomic E-state index is 0.665. The van der Waals surface area contributed by atoms with Crippen LogP contribution in [-0.2, 0) is 6.42 Å². The lowest BCUT2D eigenvalue weighted by atomic mass is 9.96. The molecule has 1 N–H and O–H groups in total. The number of nitrogens with one attached hydrogen (secondary N) is 1. The molecule has 1 atom stereocenters. The van der Waals surface area contributed by atoms with E-state index in [0.29, 0.717) is 6.04 Å². The number of rotatable bonds is 5. The second-order valence-electron chi connectivity index (χ2n) is 8.26. The highest BCUT2D eigenvalue weighted by molar-refractivity contribution is 5.99. The van der Waals surface area contributed by atoms with Crippen LogP contribution in [-0.4, -0.2) is 43.0 Å². The Balaban J connectivity index is 1.48. The third-order valence-electron chi connectivity index (χ3n) is 6.44. The molecule has 4 aliphatic heterocycles. The summed E-state index contributed by atoms with van der Waals surface area (Å²) in [6.07, 6.45) is 14.4. The number of allylic oxidation sites excluding steroid dienone is 3. The van der Waals surface area contributed by atoms with Crippen molar-refractivity contribution in [3.05, 3.63) is 59.5 Å². The van der Waals surface area contributed by atoms with Crippen LogP contribution in [0.4, 0.5) is 5.69 Å². The van der Waals surface area contributed by atoms with Gasteiger partial charge < -0.3 is 15.1 Å². The van der Waals surface area contributed by atoms with Gasteiger partial charge in [-0.25, -0.2) is 4.99 Å². The fourth-order valence-corrected chi connectivity index (χ4v) is 4.88. The lowest BCUT2D eigenvalue weighted by Gasteiger charge is -2.30. The number of anilines is 1. The summed E-state index contributed by atoms with van der Waals surface area (Å²) in [5.74, 6) is 1.08. The number of aliphatic imine (C=N–C) groups is 1. The van der Waals surface area contributed by atoms with Gasteiger partial charge in [0, 0.05) is 42.3 Å². The molecule has 0 spiro atoms. The number of unbranched alkanes of at least 4 members (excludes halogenated alkanes) is 1. The van der Waals surface area contributed by atoms with Crippen molar-refractivity contribution in [3.63, 3.8) is 0 Å². The number of hydrogen-bond donors (Lipinski definition) is 1. The number of fused-ring (bicyclic) bond motifs is 2. The molecule has 28 heavy (non-hydrogen) atoms. The Hall–Kier alpha value is -2.33. The van der Waals surface area contributed by atoms with Crippen LogP contribution in [0.25, 0.3) is 5.57 Å². The van der Waals surface area contributed by atoms with E-state index >= 15 is 0 Å². The standard InChI is InChI=1S/C24H30N4/c1-2-3-6-22-21(17-27-13-5-4-7-24(27)26-22)18-8-9-23-19(15-18)11-14-28(23)20-10-12-25-16-20/h4-5,7-9,13,15,20,25H,2-3,6,10-12,14,16-17H2,1H3. The average Bonchev–Trinajstić information content (AvgIpc) is 3.40. The van der Waals surface area contributed by atoms with Crippen LogP contribution in [0.2, 0.25) is 0 Å². The molecule has 0 saturated carbocycles. The first-order valence-electron chi connectivity index (χ1n) is 10.9. The number of hydrogen-bond acceptors (Lipinski definition) is 4. The molecule has 0 amide bonds. The van der Waals surface area contributed by atoms with Crippen molar-refractivity contribution < 1.29 is 0 Å². The molecule has 1 unspecified atom stereocenters. The number of nitrogens with zero attached hydrogens (tertiary/aromatic N) is 3. The normalized spacial score (nSPS) is 23.3. The van der Waals surface area contributed by atoms with Gasteiger partial charge in [-0.15, -0.1) is 0 Å². The summed E-state index contributed by atoms with van der Waals surface area (Å²) < 4.78 is 0. The van der Waals surface area contributed by atoms with Crippen molar-refractivity contribution in [1.82, 2.24) is 10.2 Å². The zero-order valence-electron chi connectivity index (χ0n) is 16.8. The summed E-state index contributed by atoms with van der Waals surface area (Å²) >= 11 is 0. The van der Waals surface area contributed by atoms with E-state index in [1.807, 2.05) is 0 Å². The summed E-state index contributed by atoms with van der Waals surface area (Å²) in [6, 6.07) is 7.82. The van der Waals surface area contributed by atoms with E-state index in [1.54, 1.807) is 0 Å². The molecular formula is C24H30N4. The maximum atomic E-state index is 5.04. The van der Waals surface area contributed by atoms with Crippen molar-refractivity contribution in [2.45, 2.75) is 45.1 Å². The lowest BCUT2D eigenvalue weighted by Crippen LogP contribution is -2.35. The van der Waals surface area contributed by atoms with Crippen molar-refractivity contribution in [1.29, 1.82) is 0 Å². The van der Waals surface area contributed by atoms with E-state index < -0.39 is 0 Å². The van der Waals surface area contributed by atoms with Gasteiger partial charge in [-0.05, 0) is 67.6 Å². The molecule has 5 rings (SSSR count). The number of benzene rings is 1. The smallest absolute Gasteiger partial charge is 0.133 e. The van der Waals surface area contributed by atoms with Crippen molar-refractivity contribution in [2.75, 3.05) is 31.1 Å². The largest absolute Gasteiger partial charge is 0.367 e. The van der Waals surface area contributed by atoms with Crippen LogP contribution in [0, 0.1) is 0 Å². The second-order valence-corrected chi connectivity index (χ2v) is 8.26. The van der Waals surface area contributed by atoms with E-state index in [1.165, 1.54) is 47.3 Å². The Morgan fingerprint density at radius 1 is 1.25 bits per heavy atom. The highest BCUT2D eigenvalue weighted by atomic mass is 15.2. The highest BCUT2D eigenvalue weighted by Gasteiger charge is 2.29. The van der Waals surface area contributed by atoms with Gasteiger partial charge in [0.1, 0.15) is 5.84 Å². The Morgan fingerprint density at radius 2 is 2.21 bits per heavy atom. The van der Waals surface area contributed by atoms with E-state index in [0.717, 1.165) is 44.9 Å². The van der Waals surface area contributed by atoms with Gasteiger partial charge in [-0.3, -0.25) is 0 Å². The first kappa shape index (κ1) is 17.7. The Morgan fingerprint density at radius 3 is 3.07 bits per heavy atom. The van der Waals surface area contributed by atoms with Gasteiger partial charge in [0.2, 0.25) is 0 Å². The second kappa shape index (κ2) is 7.59. The first-order valence-corrected chi connectivity index (χ1v) is 10.9. The Labute approximate surface area is 168 Å². The molecule has 1 aromatic carbocycles. The first-order chi connectivity index (χ1) is 13.8. The number of amidine groups is 1. The van der Waals surface area contributed by atoms with Crippen LogP contribution < -0.4 is 10.2 Å². The average molecular weight is 375 g/mol. The van der Waals surface area contributed by atoms with Crippen molar-refractivity contribution in [3.8, 4) is 0 Å². The molecule has 0 aromatic heterocycles. The summed E-state index contributed by atoms with van der Waals surface area (Å²) in [7, 11) is 0. The lowest BCUT2D eigenvalue weighted by molar-refractivity contribution is 0.612. The minimum atomic E-state index is 0.665. The molecule has 1 fully saturated rings.